The molecule has 1 aromatic heterocycles. The molecular formula is C14H25N3O. The minimum atomic E-state index is -0.130. The summed E-state index contributed by atoms with van der Waals surface area (Å²) in [5.41, 5.74) is 6.32. The molecule has 0 amide bonds. The Balaban J connectivity index is 2.19. The van der Waals surface area contributed by atoms with Crippen LogP contribution >= 0.6 is 0 Å². The Morgan fingerprint density at radius 2 is 2.06 bits per heavy atom. The van der Waals surface area contributed by atoms with E-state index in [0.29, 0.717) is 17.7 Å². The van der Waals surface area contributed by atoms with Gasteiger partial charge in [0.25, 0.3) is 0 Å². The predicted octanol–water partition coefficient (Wildman–Crippen LogP) is 3.41. The first-order chi connectivity index (χ1) is 8.42. The van der Waals surface area contributed by atoms with Gasteiger partial charge in [-0.25, -0.2) is 0 Å². The molecule has 1 aliphatic rings. The predicted molar refractivity (Wildman–Crippen MR) is 71.1 cm³/mol. The number of nitrogens with two attached hydrogens (primary N) is 1. The van der Waals surface area contributed by atoms with Crippen LogP contribution in [-0.2, 0) is 0 Å². The monoisotopic (exact) mass is 251 g/mol. The maximum absolute atomic E-state index is 6.06. The molecule has 2 atom stereocenters. The first kappa shape index (κ1) is 13.5. The Hall–Kier alpha value is -0.900. The lowest BCUT2D eigenvalue weighted by Crippen LogP contribution is -2.26. The van der Waals surface area contributed by atoms with Gasteiger partial charge in [-0.05, 0) is 24.2 Å². The summed E-state index contributed by atoms with van der Waals surface area (Å²) in [5, 5.41) is 4.07. The van der Waals surface area contributed by atoms with Gasteiger partial charge in [0.2, 0.25) is 5.89 Å². The molecule has 102 valence electrons. The van der Waals surface area contributed by atoms with Crippen LogP contribution in [0.3, 0.4) is 0 Å². The third-order valence-corrected chi connectivity index (χ3v) is 4.28. The fourth-order valence-electron chi connectivity index (χ4n) is 2.77. The topological polar surface area (TPSA) is 64.9 Å². The molecule has 2 unspecified atom stereocenters. The number of nitrogens with zero attached hydrogens (tertiary/aromatic N) is 2. The lowest BCUT2D eigenvalue weighted by atomic mass is 9.69. The summed E-state index contributed by atoms with van der Waals surface area (Å²) in [6, 6.07) is -0.130. The van der Waals surface area contributed by atoms with E-state index >= 15 is 0 Å². The van der Waals surface area contributed by atoms with E-state index in [4.69, 9.17) is 10.3 Å². The summed E-state index contributed by atoms with van der Waals surface area (Å²) in [6.07, 6.45) is 4.93. The van der Waals surface area contributed by atoms with Crippen molar-refractivity contribution in [3.05, 3.63) is 11.7 Å². The molecule has 1 aliphatic carbocycles. The molecule has 0 spiro atoms. The zero-order valence-electron chi connectivity index (χ0n) is 11.9. The number of rotatable bonds is 3. The first-order valence-corrected chi connectivity index (χ1v) is 7.01. The van der Waals surface area contributed by atoms with Crippen molar-refractivity contribution in [3.8, 4) is 0 Å². The highest BCUT2D eigenvalue weighted by Gasteiger charge is 2.37. The second-order valence-corrected chi connectivity index (χ2v) is 6.55. The normalized spacial score (nSPS) is 25.3. The number of aromatic nitrogens is 2. The van der Waals surface area contributed by atoms with Crippen molar-refractivity contribution in [1.82, 2.24) is 10.1 Å². The quantitative estimate of drug-likeness (QED) is 0.894. The third kappa shape index (κ3) is 2.58. The van der Waals surface area contributed by atoms with Crippen molar-refractivity contribution in [2.24, 2.45) is 17.1 Å². The lowest BCUT2D eigenvalue weighted by Gasteiger charge is -2.36. The Morgan fingerprint density at radius 3 is 2.67 bits per heavy atom. The van der Waals surface area contributed by atoms with Crippen LogP contribution in [0.4, 0.5) is 0 Å². The largest absolute Gasteiger partial charge is 0.339 e. The molecule has 2 rings (SSSR count). The average molecular weight is 251 g/mol. The highest BCUT2D eigenvalue weighted by atomic mass is 16.5. The standard InChI is InChI=1S/C14H25N3O/c1-9(2)11(15)12-16-13(18-17-12)10-7-5-6-8-14(10,3)4/h9-11H,5-8,15H2,1-4H3. The van der Waals surface area contributed by atoms with E-state index in [-0.39, 0.29) is 11.5 Å². The second-order valence-electron chi connectivity index (χ2n) is 6.55. The number of hydrogen-bond donors (Lipinski definition) is 1. The maximum atomic E-state index is 6.06. The molecule has 0 aliphatic heterocycles. The SMILES string of the molecule is CC(C)C(N)c1noc(C2CCCCC2(C)C)n1. The Kier molecular flexibility index (Phi) is 3.76. The molecule has 0 radical (unpaired) electrons. The van der Waals surface area contributed by atoms with Crippen molar-refractivity contribution >= 4 is 0 Å². The van der Waals surface area contributed by atoms with Crippen LogP contribution in [0.1, 0.15) is 77.1 Å². The van der Waals surface area contributed by atoms with Gasteiger partial charge in [-0.1, -0.05) is 45.7 Å². The maximum Gasteiger partial charge on any atom is 0.230 e. The van der Waals surface area contributed by atoms with Gasteiger partial charge in [0.1, 0.15) is 0 Å². The van der Waals surface area contributed by atoms with Gasteiger partial charge in [-0.2, -0.15) is 4.98 Å². The minimum Gasteiger partial charge on any atom is -0.339 e. The van der Waals surface area contributed by atoms with Crippen LogP contribution in [0.5, 0.6) is 0 Å². The van der Waals surface area contributed by atoms with Gasteiger partial charge in [0.05, 0.1) is 6.04 Å². The van der Waals surface area contributed by atoms with Crippen LogP contribution < -0.4 is 5.73 Å². The molecule has 1 aromatic rings. The van der Waals surface area contributed by atoms with Crippen LogP contribution in [0.15, 0.2) is 4.52 Å². The van der Waals surface area contributed by atoms with Crippen molar-refractivity contribution < 1.29 is 4.52 Å². The molecule has 1 heterocycles. The van der Waals surface area contributed by atoms with E-state index in [0.717, 1.165) is 12.3 Å². The van der Waals surface area contributed by atoms with E-state index < -0.39 is 0 Å². The summed E-state index contributed by atoms with van der Waals surface area (Å²) in [5.74, 6) is 2.15. The molecule has 4 heteroatoms. The fraction of sp³-hybridized carbons (Fsp3) is 0.857. The minimum absolute atomic E-state index is 0.130. The molecule has 1 fully saturated rings. The molecule has 2 N–H and O–H groups in total. The smallest absolute Gasteiger partial charge is 0.230 e. The van der Waals surface area contributed by atoms with Crippen LogP contribution in [-0.4, -0.2) is 10.1 Å². The van der Waals surface area contributed by atoms with E-state index in [2.05, 4.69) is 37.8 Å². The van der Waals surface area contributed by atoms with Crippen LogP contribution in [0.25, 0.3) is 0 Å². The Labute approximate surface area is 109 Å². The highest BCUT2D eigenvalue weighted by Crippen LogP contribution is 2.46. The van der Waals surface area contributed by atoms with Crippen molar-refractivity contribution in [3.63, 3.8) is 0 Å². The Morgan fingerprint density at radius 1 is 1.33 bits per heavy atom. The van der Waals surface area contributed by atoms with Gasteiger partial charge in [-0.3, -0.25) is 0 Å². The summed E-state index contributed by atoms with van der Waals surface area (Å²) >= 11 is 0. The summed E-state index contributed by atoms with van der Waals surface area (Å²) in [6.45, 7) is 8.74. The second kappa shape index (κ2) is 5.00. The van der Waals surface area contributed by atoms with E-state index in [1.165, 1.54) is 19.3 Å². The van der Waals surface area contributed by atoms with Crippen molar-refractivity contribution in [2.45, 2.75) is 65.3 Å². The zero-order chi connectivity index (χ0) is 13.3. The molecule has 18 heavy (non-hydrogen) atoms. The van der Waals surface area contributed by atoms with Gasteiger partial charge < -0.3 is 10.3 Å². The van der Waals surface area contributed by atoms with Crippen molar-refractivity contribution in [1.29, 1.82) is 0 Å². The van der Waals surface area contributed by atoms with Crippen LogP contribution in [0, 0.1) is 11.3 Å². The van der Waals surface area contributed by atoms with Crippen molar-refractivity contribution in [2.75, 3.05) is 0 Å². The summed E-state index contributed by atoms with van der Waals surface area (Å²) in [7, 11) is 0. The molecule has 0 aromatic carbocycles. The highest BCUT2D eigenvalue weighted by molar-refractivity contribution is 5.04. The van der Waals surface area contributed by atoms with E-state index in [9.17, 15) is 0 Å². The van der Waals surface area contributed by atoms with Gasteiger partial charge >= 0.3 is 0 Å². The lowest BCUT2D eigenvalue weighted by molar-refractivity contribution is 0.164. The molecule has 0 saturated heterocycles. The molecular weight excluding hydrogens is 226 g/mol. The molecule has 1 saturated carbocycles. The number of hydrogen-bond acceptors (Lipinski definition) is 4. The summed E-state index contributed by atoms with van der Waals surface area (Å²) in [4.78, 5) is 4.55. The molecule has 4 nitrogen and oxygen atoms in total. The summed E-state index contributed by atoms with van der Waals surface area (Å²) < 4.78 is 5.47. The zero-order valence-corrected chi connectivity index (χ0v) is 11.9. The van der Waals surface area contributed by atoms with Gasteiger partial charge in [0, 0.05) is 5.92 Å². The average Bonchev–Trinajstić information content (AvgIpc) is 2.76. The Bertz CT molecular complexity index is 397. The van der Waals surface area contributed by atoms with Gasteiger partial charge in [0.15, 0.2) is 5.82 Å². The fourth-order valence-corrected chi connectivity index (χ4v) is 2.77. The van der Waals surface area contributed by atoms with Crippen LogP contribution in [0.2, 0.25) is 0 Å². The van der Waals surface area contributed by atoms with Gasteiger partial charge in [-0.15, -0.1) is 0 Å². The molecule has 0 bridgehead atoms. The van der Waals surface area contributed by atoms with E-state index in [1.807, 2.05) is 0 Å². The third-order valence-electron chi connectivity index (χ3n) is 4.28. The van der Waals surface area contributed by atoms with E-state index in [1.54, 1.807) is 0 Å². The first-order valence-electron chi connectivity index (χ1n) is 7.01.